The zero-order valence-electron chi connectivity index (χ0n) is 11.9. The van der Waals surface area contributed by atoms with Crippen molar-refractivity contribution in [1.82, 2.24) is 0 Å². The Balaban J connectivity index is 1.82. The minimum absolute atomic E-state index is 0.300. The molecule has 110 valence electrons. The second kappa shape index (κ2) is 5.00. The lowest BCUT2D eigenvalue weighted by molar-refractivity contribution is -0.145. The van der Waals surface area contributed by atoms with Crippen molar-refractivity contribution >= 4 is 17.6 Å². The average Bonchev–Trinajstić information content (AvgIpc) is 3.02. The number of aliphatic carboxylic acids is 1. The largest absolute Gasteiger partial charge is 0.481 e. The number of rotatable bonds is 3. The van der Waals surface area contributed by atoms with Gasteiger partial charge in [0.15, 0.2) is 0 Å². The van der Waals surface area contributed by atoms with Crippen LogP contribution in [0.5, 0.6) is 0 Å². The van der Waals surface area contributed by atoms with Crippen molar-refractivity contribution in [2.75, 3.05) is 5.32 Å². The van der Waals surface area contributed by atoms with E-state index in [4.69, 9.17) is 4.74 Å². The SMILES string of the molecule is Cc1ccc(NC(=O)[C@H]2[C@H](C(=O)O)[C@H]3C=C[C@H]2O3)c(C)c1. The predicted molar refractivity (Wildman–Crippen MR) is 77.0 cm³/mol. The molecule has 0 saturated carbocycles. The van der Waals surface area contributed by atoms with E-state index in [0.717, 1.165) is 11.1 Å². The molecular weight excluding hydrogens is 270 g/mol. The number of benzene rings is 1. The van der Waals surface area contributed by atoms with E-state index in [1.165, 1.54) is 0 Å². The third kappa shape index (κ3) is 2.34. The van der Waals surface area contributed by atoms with E-state index in [9.17, 15) is 14.7 Å². The molecule has 5 heteroatoms. The molecule has 4 atom stereocenters. The Morgan fingerprint density at radius 1 is 1.14 bits per heavy atom. The first-order chi connectivity index (χ1) is 9.97. The van der Waals surface area contributed by atoms with Crippen LogP contribution >= 0.6 is 0 Å². The molecule has 0 aromatic heterocycles. The summed E-state index contributed by atoms with van der Waals surface area (Å²) in [4.78, 5) is 23.8. The number of ether oxygens (including phenoxy) is 1. The third-order valence-electron chi connectivity index (χ3n) is 4.13. The number of carboxylic acids is 1. The molecule has 0 aliphatic carbocycles. The van der Waals surface area contributed by atoms with Crippen molar-refractivity contribution in [3.63, 3.8) is 0 Å². The molecule has 1 fully saturated rings. The summed E-state index contributed by atoms with van der Waals surface area (Å²) in [6, 6.07) is 5.72. The maximum atomic E-state index is 12.5. The molecule has 3 rings (SSSR count). The lowest BCUT2D eigenvalue weighted by atomic mass is 9.82. The average molecular weight is 287 g/mol. The summed E-state index contributed by atoms with van der Waals surface area (Å²) in [6.45, 7) is 3.89. The summed E-state index contributed by atoms with van der Waals surface area (Å²) < 4.78 is 5.51. The van der Waals surface area contributed by atoms with Gasteiger partial charge in [-0.15, -0.1) is 0 Å². The number of fused-ring (bicyclic) bond motifs is 2. The van der Waals surface area contributed by atoms with Crippen LogP contribution in [0.1, 0.15) is 11.1 Å². The number of nitrogens with one attached hydrogen (secondary N) is 1. The second-order valence-electron chi connectivity index (χ2n) is 5.65. The first-order valence-electron chi connectivity index (χ1n) is 6.92. The molecule has 21 heavy (non-hydrogen) atoms. The van der Waals surface area contributed by atoms with E-state index in [1.54, 1.807) is 12.2 Å². The highest BCUT2D eigenvalue weighted by molar-refractivity contribution is 5.97. The zero-order chi connectivity index (χ0) is 15.1. The number of hydrogen-bond donors (Lipinski definition) is 2. The van der Waals surface area contributed by atoms with Crippen molar-refractivity contribution in [2.45, 2.75) is 26.1 Å². The van der Waals surface area contributed by atoms with Crippen molar-refractivity contribution in [2.24, 2.45) is 11.8 Å². The van der Waals surface area contributed by atoms with E-state index in [1.807, 2.05) is 32.0 Å². The van der Waals surface area contributed by atoms with Crippen LogP contribution in [0.3, 0.4) is 0 Å². The summed E-state index contributed by atoms with van der Waals surface area (Å²) in [5.41, 5.74) is 2.77. The Morgan fingerprint density at radius 2 is 1.81 bits per heavy atom. The van der Waals surface area contributed by atoms with Gasteiger partial charge < -0.3 is 15.2 Å². The van der Waals surface area contributed by atoms with Crippen LogP contribution in [-0.4, -0.2) is 29.2 Å². The Hall–Kier alpha value is -2.14. The van der Waals surface area contributed by atoms with Gasteiger partial charge >= 0.3 is 5.97 Å². The Bertz CT molecular complexity index is 637. The summed E-state index contributed by atoms with van der Waals surface area (Å²) in [6.07, 6.45) is 2.56. The highest BCUT2D eigenvalue weighted by atomic mass is 16.5. The lowest BCUT2D eigenvalue weighted by Crippen LogP contribution is -2.39. The summed E-state index contributed by atoms with van der Waals surface area (Å²) in [7, 11) is 0. The van der Waals surface area contributed by atoms with Crippen molar-refractivity contribution < 1.29 is 19.4 Å². The predicted octanol–water partition coefficient (Wildman–Crippen LogP) is 1.90. The Morgan fingerprint density at radius 3 is 2.43 bits per heavy atom. The minimum Gasteiger partial charge on any atom is -0.481 e. The lowest BCUT2D eigenvalue weighted by Gasteiger charge is -2.21. The second-order valence-corrected chi connectivity index (χ2v) is 5.65. The molecule has 1 aromatic carbocycles. The van der Waals surface area contributed by atoms with Crippen LogP contribution in [0.4, 0.5) is 5.69 Å². The van der Waals surface area contributed by atoms with Gasteiger partial charge in [0.2, 0.25) is 5.91 Å². The molecule has 0 radical (unpaired) electrons. The zero-order valence-corrected chi connectivity index (χ0v) is 11.9. The number of aryl methyl sites for hydroxylation is 2. The van der Waals surface area contributed by atoms with Gasteiger partial charge in [0.05, 0.1) is 18.1 Å². The summed E-state index contributed by atoms with van der Waals surface area (Å²) >= 11 is 0. The van der Waals surface area contributed by atoms with Gasteiger partial charge in [0.25, 0.3) is 0 Å². The Labute approximate surface area is 122 Å². The van der Waals surface area contributed by atoms with Crippen LogP contribution in [0.15, 0.2) is 30.4 Å². The number of amides is 1. The topological polar surface area (TPSA) is 75.6 Å². The maximum absolute atomic E-state index is 12.5. The van der Waals surface area contributed by atoms with Crippen molar-refractivity contribution in [3.8, 4) is 0 Å². The molecule has 0 spiro atoms. The monoisotopic (exact) mass is 287 g/mol. The van der Waals surface area contributed by atoms with Gasteiger partial charge in [-0.3, -0.25) is 9.59 Å². The molecular formula is C16H17NO4. The smallest absolute Gasteiger partial charge is 0.310 e. The molecule has 1 saturated heterocycles. The molecule has 2 aliphatic heterocycles. The quantitative estimate of drug-likeness (QED) is 0.833. The van der Waals surface area contributed by atoms with E-state index in [0.29, 0.717) is 5.69 Å². The van der Waals surface area contributed by atoms with E-state index < -0.39 is 30.0 Å². The fraction of sp³-hybridized carbons (Fsp3) is 0.375. The molecule has 1 aromatic rings. The van der Waals surface area contributed by atoms with E-state index in [2.05, 4.69) is 5.32 Å². The summed E-state index contributed by atoms with van der Waals surface area (Å²) in [5, 5.41) is 12.2. The van der Waals surface area contributed by atoms with Gasteiger partial charge in [-0.25, -0.2) is 0 Å². The van der Waals surface area contributed by atoms with Gasteiger partial charge in [-0.2, -0.15) is 0 Å². The molecule has 0 unspecified atom stereocenters. The number of hydrogen-bond acceptors (Lipinski definition) is 3. The van der Waals surface area contributed by atoms with Crippen LogP contribution in [0, 0.1) is 25.7 Å². The van der Waals surface area contributed by atoms with Crippen molar-refractivity contribution in [1.29, 1.82) is 0 Å². The van der Waals surface area contributed by atoms with Crippen LogP contribution in [0.2, 0.25) is 0 Å². The maximum Gasteiger partial charge on any atom is 0.310 e. The van der Waals surface area contributed by atoms with Crippen LogP contribution < -0.4 is 5.32 Å². The van der Waals surface area contributed by atoms with Gasteiger partial charge in [0.1, 0.15) is 5.92 Å². The standard InChI is InChI=1S/C16H17NO4/c1-8-3-4-10(9(2)7-8)17-15(18)13-11-5-6-12(21-11)14(13)16(19)20/h3-7,11-14H,1-2H3,(H,17,18)(H,19,20)/t11-,12-,13-,14-/m1/s1. The van der Waals surface area contributed by atoms with E-state index in [-0.39, 0.29) is 5.91 Å². The highest BCUT2D eigenvalue weighted by Gasteiger charge is 2.53. The molecule has 2 bridgehead atoms. The van der Waals surface area contributed by atoms with E-state index >= 15 is 0 Å². The number of carboxylic acid groups (broad SMARTS) is 1. The molecule has 2 heterocycles. The van der Waals surface area contributed by atoms with Crippen LogP contribution in [0.25, 0.3) is 0 Å². The minimum atomic E-state index is -0.993. The van der Waals surface area contributed by atoms with Crippen LogP contribution in [-0.2, 0) is 14.3 Å². The normalized spacial score (nSPS) is 29.6. The van der Waals surface area contributed by atoms with Gasteiger partial charge in [0, 0.05) is 5.69 Å². The summed E-state index contributed by atoms with van der Waals surface area (Å²) in [5.74, 6) is -2.79. The number of carbonyl (C=O) groups excluding carboxylic acids is 1. The molecule has 2 aliphatic rings. The third-order valence-corrected chi connectivity index (χ3v) is 4.13. The first-order valence-corrected chi connectivity index (χ1v) is 6.92. The molecule has 5 nitrogen and oxygen atoms in total. The van der Waals surface area contributed by atoms with Gasteiger partial charge in [-0.1, -0.05) is 29.8 Å². The molecule has 2 N–H and O–H groups in total. The van der Waals surface area contributed by atoms with Gasteiger partial charge in [-0.05, 0) is 25.5 Å². The number of carbonyl (C=O) groups is 2. The first kappa shape index (κ1) is 13.8. The molecule has 1 amide bonds. The Kier molecular flexibility index (Phi) is 3.29. The highest BCUT2D eigenvalue weighted by Crippen LogP contribution is 2.40. The fourth-order valence-corrected chi connectivity index (χ4v) is 3.08. The number of anilines is 1. The fourth-order valence-electron chi connectivity index (χ4n) is 3.08. The van der Waals surface area contributed by atoms with Crippen molar-refractivity contribution in [3.05, 3.63) is 41.5 Å².